The first kappa shape index (κ1) is 19.7. The number of nitrogens with zero attached hydrogens (tertiary/aromatic N) is 1. The monoisotopic (exact) mass is 436 g/mol. The first-order valence-electron chi connectivity index (χ1n) is 6.55. The molecule has 0 spiro atoms. The molecule has 14 heteroatoms. The van der Waals surface area contributed by atoms with Crippen molar-refractivity contribution in [1.29, 1.82) is 0 Å². The molecule has 2 saturated heterocycles. The molecule has 2 aliphatic heterocycles. The van der Waals surface area contributed by atoms with E-state index >= 15 is 0 Å². The second-order valence-electron chi connectivity index (χ2n) is 5.10. The maximum Gasteiger partial charge on any atom is 0.469 e. The molecule has 2 aliphatic rings. The number of nitrogens with one attached hydrogen (secondary N) is 1. The smallest absolute Gasteiger partial charge is 0.390 e. The minimum atomic E-state index is -4.78. The van der Waals surface area contributed by atoms with Gasteiger partial charge in [-0.25, -0.2) is 13.8 Å². The summed E-state index contributed by atoms with van der Waals surface area (Å²) in [5.41, 5.74) is 0. The average molecular weight is 437 g/mol. The molecule has 0 radical (unpaired) electrons. The van der Waals surface area contributed by atoms with Crippen LogP contribution < -0.4 is 5.32 Å². The van der Waals surface area contributed by atoms with E-state index in [4.69, 9.17) is 19.3 Å². The Kier molecular flexibility index (Phi) is 5.67. The number of carbonyl (C=O) groups is 2. The number of halogens is 2. The fraction of sp³-hybridized carbons (Fsp3) is 0.800. The predicted molar refractivity (Wildman–Crippen MR) is 76.2 cm³/mol. The van der Waals surface area contributed by atoms with Gasteiger partial charge in [-0.05, 0) is 15.9 Å². The molecule has 4 N–H and O–H groups in total. The standard InChI is InChI=1S/C10H15BrFN2O9P/c1-21-8-10(11,12)7(16)13-9(17)14(8)6-2-4(15)5(23-6)3-22-24(18,19)20/h4-6,8,15H,2-3H2,1H3,(H,13,16,17)(H2,18,19,20)/t4-,5+,6+,8?,10?/m0/s1. The van der Waals surface area contributed by atoms with Crippen LogP contribution in [0.2, 0.25) is 0 Å². The van der Waals surface area contributed by atoms with Gasteiger partial charge in [0.2, 0.25) is 0 Å². The molecule has 0 aromatic rings. The molecule has 24 heavy (non-hydrogen) atoms. The summed E-state index contributed by atoms with van der Waals surface area (Å²) in [7, 11) is -3.71. The van der Waals surface area contributed by atoms with E-state index < -0.39 is 55.6 Å². The Morgan fingerprint density at radius 2 is 2.17 bits per heavy atom. The second-order valence-corrected chi connectivity index (χ2v) is 7.49. The first-order valence-corrected chi connectivity index (χ1v) is 8.87. The molecule has 11 nitrogen and oxygen atoms in total. The molecule has 0 aromatic heterocycles. The number of ether oxygens (including phenoxy) is 2. The number of imide groups is 1. The molecule has 0 aliphatic carbocycles. The Balaban J connectivity index is 2.14. The average Bonchev–Trinajstić information content (AvgIpc) is 2.80. The van der Waals surface area contributed by atoms with E-state index in [0.29, 0.717) is 0 Å². The van der Waals surface area contributed by atoms with Crippen LogP contribution in [-0.4, -0.2) is 74.7 Å². The molecule has 2 heterocycles. The van der Waals surface area contributed by atoms with Gasteiger partial charge in [0.1, 0.15) is 12.3 Å². The van der Waals surface area contributed by atoms with Crippen molar-refractivity contribution in [2.45, 2.75) is 35.7 Å². The van der Waals surface area contributed by atoms with E-state index in [9.17, 15) is 23.7 Å². The third kappa shape index (κ3) is 3.94. The molecule has 0 saturated carbocycles. The van der Waals surface area contributed by atoms with E-state index in [1.807, 2.05) is 0 Å². The van der Waals surface area contributed by atoms with E-state index in [1.165, 1.54) is 0 Å². The lowest BCUT2D eigenvalue weighted by atomic mass is 10.1. The molecule has 0 bridgehead atoms. The van der Waals surface area contributed by atoms with Crippen LogP contribution in [0.5, 0.6) is 0 Å². The number of rotatable bonds is 5. The summed E-state index contributed by atoms with van der Waals surface area (Å²) < 4.78 is 36.8. The van der Waals surface area contributed by atoms with Crippen molar-refractivity contribution in [3.8, 4) is 0 Å². The van der Waals surface area contributed by atoms with Crippen molar-refractivity contribution in [3.63, 3.8) is 0 Å². The lowest BCUT2D eigenvalue weighted by molar-refractivity contribution is -0.169. The van der Waals surface area contributed by atoms with Crippen LogP contribution in [0.1, 0.15) is 6.42 Å². The zero-order chi connectivity index (χ0) is 18.3. The number of phosphoric ester groups is 1. The highest BCUT2D eigenvalue weighted by atomic mass is 79.9. The molecule has 3 amide bonds. The third-order valence-electron chi connectivity index (χ3n) is 3.47. The molecule has 2 fully saturated rings. The van der Waals surface area contributed by atoms with Crippen molar-refractivity contribution >= 4 is 35.7 Å². The number of aliphatic hydroxyl groups is 1. The SMILES string of the molecule is COC1N([C@H]2C[C@H](O)[C@@H](COP(=O)(O)O)O2)C(=O)NC(=O)C1(F)Br. The Morgan fingerprint density at radius 3 is 2.71 bits per heavy atom. The van der Waals surface area contributed by atoms with E-state index in [-0.39, 0.29) is 6.42 Å². The number of methoxy groups -OCH3 is 1. The van der Waals surface area contributed by atoms with Gasteiger partial charge >= 0.3 is 13.9 Å². The summed E-state index contributed by atoms with van der Waals surface area (Å²) in [6.07, 6.45) is -5.52. The van der Waals surface area contributed by atoms with E-state index in [2.05, 4.69) is 20.5 Å². The van der Waals surface area contributed by atoms with Gasteiger partial charge in [0.15, 0.2) is 6.23 Å². The van der Waals surface area contributed by atoms with Crippen molar-refractivity contribution < 1.29 is 47.4 Å². The minimum absolute atomic E-state index is 0.209. The molecular weight excluding hydrogens is 422 g/mol. The van der Waals surface area contributed by atoms with Crippen molar-refractivity contribution in [1.82, 2.24) is 10.2 Å². The number of aliphatic hydroxyl groups excluding tert-OH is 1. The summed E-state index contributed by atoms with van der Waals surface area (Å²) in [6, 6.07) is -1.01. The third-order valence-corrected chi connectivity index (χ3v) is 4.70. The Morgan fingerprint density at radius 1 is 1.54 bits per heavy atom. The van der Waals surface area contributed by atoms with Crippen molar-refractivity contribution in [2.24, 2.45) is 0 Å². The Bertz CT molecular complexity index is 573. The number of phosphoric acid groups is 1. The van der Waals surface area contributed by atoms with Gasteiger partial charge in [-0.1, -0.05) is 0 Å². The summed E-state index contributed by atoms with van der Waals surface area (Å²) in [6.45, 7) is -0.650. The molecule has 138 valence electrons. The van der Waals surface area contributed by atoms with Crippen LogP contribution in [0.25, 0.3) is 0 Å². The van der Waals surface area contributed by atoms with Crippen molar-refractivity contribution in [3.05, 3.63) is 0 Å². The van der Waals surface area contributed by atoms with Gasteiger partial charge in [0.25, 0.3) is 10.5 Å². The van der Waals surface area contributed by atoms with E-state index in [1.54, 1.807) is 5.32 Å². The van der Waals surface area contributed by atoms with Crippen LogP contribution in [0.4, 0.5) is 9.18 Å². The van der Waals surface area contributed by atoms with Crippen LogP contribution in [0.15, 0.2) is 0 Å². The highest BCUT2D eigenvalue weighted by Crippen LogP contribution is 2.39. The summed E-state index contributed by atoms with van der Waals surface area (Å²) in [5.74, 6) is -1.25. The molecule has 0 aromatic carbocycles. The van der Waals surface area contributed by atoms with E-state index in [0.717, 1.165) is 12.0 Å². The highest BCUT2D eigenvalue weighted by Gasteiger charge is 2.57. The lowest BCUT2D eigenvalue weighted by Crippen LogP contribution is -2.68. The van der Waals surface area contributed by atoms with Crippen LogP contribution in [-0.2, 0) is 23.4 Å². The Hall–Kier alpha value is -0.660. The molecule has 5 atom stereocenters. The Labute approximate surface area is 143 Å². The number of amides is 3. The van der Waals surface area contributed by atoms with Gasteiger partial charge in [0.05, 0.1) is 12.7 Å². The lowest BCUT2D eigenvalue weighted by Gasteiger charge is -2.42. The number of hydrogen-bond acceptors (Lipinski definition) is 7. The van der Waals surface area contributed by atoms with Gasteiger partial charge in [0, 0.05) is 13.5 Å². The number of alkyl halides is 2. The second kappa shape index (κ2) is 6.92. The molecular formula is C10H15BrFN2O9P. The largest absolute Gasteiger partial charge is 0.469 e. The van der Waals surface area contributed by atoms with Gasteiger partial charge in [-0.15, -0.1) is 0 Å². The first-order chi connectivity index (χ1) is 11.0. The van der Waals surface area contributed by atoms with Crippen LogP contribution >= 0.6 is 23.8 Å². The van der Waals surface area contributed by atoms with Gasteiger partial charge in [-0.2, -0.15) is 0 Å². The quantitative estimate of drug-likeness (QED) is 0.318. The summed E-state index contributed by atoms with van der Waals surface area (Å²) in [4.78, 5) is 41.6. The number of hydrogen-bond donors (Lipinski definition) is 4. The summed E-state index contributed by atoms with van der Waals surface area (Å²) in [5, 5.41) is 11.7. The number of urea groups is 1. The number of carbonyl (C=O) groups excluding carboxylic acids is 2. The normalized spacial score (nSPS) is 37.7. The maximum absolute atomic E-state index is 14.4. The van der Waals surface area contributed by atoms with Crippen molar-refractivity contribution in [2.75, 3.05) is 13.7 Å². The minimum Gasteiger partial charge on any atom is -0.390 e. The zero-order valence-electron chi connectivity index (χ0n) is 12.2. The molecule has 2 unspecified atom stereocenters. The fourth-order valence-electron chi connectivity index (χ4n) is 2.39. The zero-order valence-corrected chi connectivity index (χ0v) is 14.6. The summed E-state index contributed by atoms with van der Waals surface area (Å²) >= 11 is 2.54. The van der Waals surface area contributed by atoms with Gasteiger partial charge < -0.3 is 24.4 Å². The van der Waals surface area contributed by atoms with Gasteiger partial charge in [-0.3, -0.25) is 19.5 Å². The molecule has 2 rings (SSSR count). The topological polar surface area (TPSA) is 155 Å². The van der Waals surface area contributed by atoms with Crippen LogP contribution in [0.3, 0.4) is 0 Å². The fourth-order valence-corrected chi connectivity index (χ4v) is 3.24. The van der Waals surface area contributed by atoms with Crippen LogP contribution in [0, 0.1) is 0 Å². The predicted octanol–water partition coefficient (Wildman–Crippen LogP) is -0.843. The maximum atomic E-state index is 14.4. The highest BCUT2D eigenvalue weighted by molar-refractivity contribution is 9.10.